The van der Waals surface area contributed by atoms with E-state index in [4.69, 9.17) is 0 Å². The Labute approximate surface area is 157 Å². The Morgan fingerprint density at radius 1 is 0.792 bits per heavy atom. The van der Waals surface area contributed by atoms with Gasteiger partial charge in [-0.3, -0.25) is 0 Å². The molecular formula is C22H42ClN. The highest BCUT2D eigenvalue weighted by Crippen LogP contribution is 2.61. The van der Waals surface area contributed by atoms with E-state index in [9.17, 15) is 0 Å². The van der Waals surface area contributed by atoms with Crippen LogP contribution >= 0.6 is 12.4 Å². The third kappa shape index (κ3) is 4.70. The van der Waals surface area contributed by atoms with E-state index in [1.165, 1.54) is 64.3 Å². The van der Waals surface area contributed by atoms with Crippen molar-refractivity contribution in [2.45, 2.75) is 110 Å². The minimum absolute atomic E-state index is 0. The minimum Gasteiger partial charge on any atom is -0.313 e. The van der Waals surface area contributed by atoms with Crippen molar-refractivity contribution in [3.63, 3.8) is 0 Å². The summed E-state index contributed by atoms with van der Waals surface area (Å²) in [4.78, 5) is 0. The fraction of sp³-hybridized carbons (Fsp3) is 1.00. The van der Waals surface area contributed by atoms with Crippen LogP contribution in [0, 0.1) is 23.2 Å². The van der Waals surface area contributed by atoms with Crippen LogP contribution in [-0.4, -0.2) is 12.6 Å². The van der Waals surface area contributed by atoms with Crippen molar-refractivity contribution >= 4 is 12.4 Å². The van der Waals surface area contributed by atoms with Crippen LogP contribution in [0.1, 0.15) is 104 Å². The summed E-state index contributed by atoms with van der Waals surface area (Å²) in [6.07, 6.45) is 21.1. The highest BCUT2D eigenvalue weighted by atomic mass is 35.5. The summed E-state index contributed by atoms with van der Waals surface area (Å²) >= 11 is 0. The summed E-state index contributed by atoms with van der Waals surface area (Å²) in [6, 6.07) is 0.866. The van der Waals surface area contributed by atoms with Crippen molar-refractivity contribution in [3.8, 4) is 0 Å². The van der Waals surface area contributed by atoms with E-state index in [0.717, 1.165) is 23.8 Å². The number of hydrogen-bond donors (Lipinski definition) is 1. The fourth-order valence-electron chi connectivity index (χ4n) is 6.78. The van der Waals surface area contributed by atoms with Crippen LogP contribution < -0.4 is 5.32 Å². The average Bonchev–Trinajstić information content (AvgIpc) is 2.53. The number of halogens is 1. The predicted molar refractivity (Wildman–Crippen MR) is 108 cm³/mol. The molecule has 0 radical (unpaired) electrons. The van der Waals surface area contributed by atoms with Crippen molar-refractivity contribution in [1.82, 2.24) is 5.32 Å². The summed E-state index contributed by atoms with van der Waals surface area (Å²) in [5, 5.41) is 3.94. The molecule has 4 fully saturated rings. The van der Waals surface area contributed by atoms with E-state index in [-0.39, 0.29) is 12.4 Å². The van der Waals surface area contributed by atoms with E-state index >= 15 is 0 Å². The quantitative estimate of drug-likeness (QED) is 0.404. The molecule has 1 N–H and O–H groups in total. The Morgan fingerprint density at radius 3 is 1.96 bits per heavy atom. The molecule has 4 rings (SSSR count). The SMILES string of the molecule is CCCCCCCCCCC12C[C@@H]3CC(C[C@@H](C3)C1)C2NCC.Cl. The molecule has 4 aliphatic rings. The smallest absolute Gasteiger partial charge is 0.0152 e. The molecule has 0 aliphatic heterocycles. The third-order valence-corrected chi connectivity index (χ3v) is 7.41. The molecule has 0 heterocycles. The molecule has 0 aromatic heterocycles. The Kier molecular flexibility index (Phi) is 8.41. The molecule has 0 aromatic rings. The highest BCUT2D eigenvalue weighted by molar-refractivity contribution is 5.85. The Morgan fingerprint density at radius 2 is 1.38 bits per heavy atom. The van der Waals surface area contributed by atoms with E-state index < -0.39 is 0 Å². The third-order valence-electron chi connectivity index (χ3n) is 7.41. The average molecular weight is 356 g/mol. The van der Waals surface area contributed by atoms with Gasteiger partial charge in [-0.25, -0.2) is 0 Å². The van der Waals surface area contributed by atoms with Gasteiger partial charge in [-0.2, -0.15) is 0 Å². The molecule has 4 bridgehead atoms. The summed E-state index contributed by atoms with van der Waals surface area (Å²) in [7, 11) is 0. The van der Waals surface area contributed by atoms with E-state index in [2.05, 4.69) is 19.2 Å². The molecule has 3 unspecified atom stereocenters. The zero-order valence-corrected chi connectivity index (χ0v) is 17.1. The minimum atomic E-state index is 0. The summed E-state index contributed by atoms with van der Waals surface area (Å²) in [5.74, 6) is 3.21. The van der Waals surface area contributed by atoms with Crippen molar-refractivity contribution in [2.75, 3.05) is 6.54 Å². The lowest BCUT2D eigenvalue weighted by Crippen LogP contribution is -2.61. The summed E-state index contributed by atoms with van der Waals surface area (Å²) < 4.78 is 0. The predicted octanol–water partition coefficient (Wildman–Crippen LogP) is 6.74. The Bertz CT molecular complexity index is 342. The van der Waals surface area contributed by atoms with E-state index in [1.54, 1.807) is 32.1 Å². The van der Waals surface area contributed by atoms with Crippen LogP contribution in [0.25, 0.3) is 0 Å². The lowest BCUT2D eigenvalue weighted by Gasteiger charge is -2.62. The van der Waals surface area contributed by atoms with Crippen LogP contribution in [0.3, 0.4) is 0 Å². The normalized spacial score (nSPS) is 36.8. The molecule has 1 nitrogen and oxygen atoms in total. The van der Waals surface area contributed by atoms with Crippen LogP contribution in [0.2, 0.25) is 0 Å². The number of unbranched alkanes of at least 4 members (excludes halogenated alkanes) is 7. The second kappa shape index (κ2) is 9.81. The maximum absolute atomic E-state index is 3.94. The van der Waals surface area contributed by atoms with Gasteiger partial charge < -0.3 is 5.32 Å². The Balaban J connectivity index is 0.00000208. The van der Waals surface area contributed by atoms with Gasteiger partial charge in [0.15, 0.2) is 0 Å². The second-order valence-corrected chi connectivity index (χ2v) is 9.23. The largest absolute Gasteiger partial charge is 0.313 e. The molecule has 0 spiro atoms. The molecule has 5 atom stereocenters. The van der Waals surface area contributed by atoms with Crippen molar-refractivity contribution in [2.24, 2.45) is 23.2 Å². The lowest BCUT2D eigenvalue weighted by atomic mass is 9.46. The maximum Gasteiger partial charge on any atom is 0.0152 e. The van der Waals surface area contributed by atoms with E-state index in [0.29, 0.717) is 5.41 Å². The maximum atomic E-state index is 3.94. The molecule has 142 valence electrons. The summed E-state index contributed by atoms with van der Waals surface area (Å²) in [6.45, 7) is 5.80. The molecule has 2 heteroatoms. The van der Waals surface area contributed by atoms with Crippen molar-refractivity contribution < 1.29 is 0 Å². The molecular weight excluding hydrogens is 314 g/mol. The van der Waals surface area contributed by atoms with Gasteiger partial charge in [-0.05, 0) is 68.2 Å². The van der Waals surface area contributed by atoms with Crippen LogP contribution in [-0.2, 0) is 0 Å². The fourth-order valence-corrected chi connectivity index (χ4v) is 6.78. The van der Waals surface area contributed by atoms with Gasteiger partial charge >= 0.3 is 0 Å². The summed E-state index contributed by atoms with van der Waals surface area (Å²) in [5.41, 5.74) is 0.701. The van der Waals surface area contributed by atoms with Crippen molar-refractivity contribution in [3.05, 3.63) is 0 Å². The van der Waals surface area contributed by atoms with Gasteiger partial charge in [-0.1, -0.05) is 65.2 Å². The first-order valence-corrected chi connectivity index (χ1v) is 11.0. The molecule has 0 amide bonds. The van der Waals surface area contributed by atoms with Gasteiger partial charge in [0.25, 0.3) is 0 Å². The molecule has 24 heavy (non-hydrogen) atoms. The zero-order chi connectivity index (χ0) is 16.1. The van der Waals surface area contributed by atoms with Gasteiger partial charge in [-0.15, -0.1) is 12.4 Å². The number of rotatable bonds is 11. The number of nitrogens with one attached hydrogen (secondary N) is 1. The monoisotopic (exact) mass is 355 g/mol. The van der Waals surface area contributed by atoms with Gasteiger partial charge in [0.1, 0.15) is 0 Å². The topological polar surface area (TPSA) is 12.0 Å². The van der Waals surface area contributed by atoms with Gasteiger partial charge in [0.05, 0.1) is 0 Å². The highest BCUT2D eigenvalue weighted by Gasteiger charge is 2.55. The van der Waals surface area contributed by atoms with E-state index in [1.807, 2.05) is 0 Å². The first kappa shape index (κ1) is 20.6. The number of hydrogen-bond acceptors (Lipinski definition) is 1. The first-order chi connectivity index (χ1) is 11.3. The Hall–Kier alpha value is 0.250. The van der Waals surface area contributed by atoms with Crippen molar-refractivity contribution in [1.29, 1.82) is 0 Å². The lowest BCUT2D eigenvalue weighted by molar-refractivity contribution is -0.0894. The van der Waals surface area contributed by atoms with Crippen LogP contribution in [0.15, 0.2) is 0 Å². The molecule has 0 aromatic carbocycles. The molecule has 4 aliphatic carbocycles. The first-order valence-electron chi connectivity index (χ1n) is 11.0. The zero-order valence-electron chi connectivity index (χ0n) is 16.3. The second-order valence-electron chi connectivity index (χ2n) is 9.23. The molecule has 4 saturated carbocycles. The van der Waals surface area contributed by atoms with Crippen LogP contribution in [0.5, 0.6) is 0 Å². The molecule has 0 saturated heterocycles. The van der Waals surface area contributed by atoms with Gasteiger partial charge in [0, 0.05) is 6.04 Å². The van der Waals surface area contributed by atoms with Crippen LogP contribution in [0.4, 0.5) is 0 Å². The standard InChI is InChI=1S/C22H41N.ClH/c1-3-5-6-7-8-9-10-11-12-22-16-18-13-19(17-22)15-20(14-18)21(22)23-4-2;/h18-21,23H,3-17H2,1-2H3;1H/t18-,19+,20?,21?,22?;. The van der Waals surface area contributed by atoms with Gasteiger partial charge in [0.2, 0.25) is 0 Å².